The molecule has 0 atom stereocenters. The molecule has 402 valence electrons. The molecule has 0 saturated heterocycles. The zero-order valence-electron chi connectivity index (χ0n) is 46.4. The highest BCUT2D eigenvalue weighted by atomic mass is 15.2. The van der Waals surface area contributed by atoms with Gasteiger partial charge in [-0.25, -0.2) is 0 Å². The summed E-state index contributed by atoms with van der Waals surface area (Å²) in [5.74, 6) is 0. The van der Waals surface area contributed by atoms with Crippen LogP contribution in [0.1, 0.15) is 11.1 Å². The maximum absolute atomic E-state index is 10.6. The number of nitriles is 2. The number of hydrogen-bond acceptors (Lipinski definition) is 5. The van der Waals surface area contributed by atoms with Gasteiger partial charge in [0.2, 0.25) is 0 Å². The van der Waals surface area contributed by atoms with Gasteiger partial charge in [0.05, 0.1) is 111 Å². The molecular weight excluding hydrogens is 1060 g/mol. The van der Waals surface area contributed by atoms with Crippen molar-refractivity contribution in [2.75, 3.05) is 0 Å². The van der Waals surface area contributed by atoms with Crippen molar-refractivity contribution in [2.45, 2.75) is 0 Å². The predicted molar refractivity (Wildman–Crippen MR) is 352 cm³/mol. The number of rotatable bonds is 7. The van der Waals surface area contributed by atoms with Crippen LogP contribution in [0.25, 0.3) is 160 Å². The van der Waals surface area contributed by atoms with E-state index >= 15 is 0 Å². The highest BCUT2D eigenvalue weighted by Crippen LogP contribution is 2.55. The molecule has 0 bridgehead atoms. The number of nitrogens with zero attached hydrogens (tertiary/aromatic N) is 10. The van der Waals surface area contributed by atoms with E-state index < -0.39 is 0 Å². The minimum atomic E-state index is 0.423. The Labute approximate surface area is 496 Å². The largest absolute Gasteiger partial charge is 0.308 e. The van der Waals surface area contributed by atoms with Crippen molar-refractivity contribution in [3.05, 3.63) is 278 Å². The monoisotopic (exact) mass is 1110 g/mol. The fourth-order valence-corrected chi connectivity index (χ4v) is 14.2. The van der Waals surface area contributed by atoms with Gasteiger partial charge < -0.3 is 22.8 Å². The molecule has 10 nitrogen and oxygen atoms in total. The van der Waals surface area contributed by atoms with Gasteiger partial charge in [-0.1, -0.05) is 152 Å². The molecule has 0 fully saturated rings. The lowest BCUT2D eigenvalue weighted by Crippen LogP contribution is -2.17. The average molecular weight is 1110 g/mol. The van der Waals surface area contributed by atoms with E-state index in [-0.39, 0.29) is 0 Å². The van der Waals surface area contributed by atoms with Crippen molar-refractivity contribution in [1.29, 1.82) is 10.5 Å². The fraction of sp³-hybridized carbons (Fsp3) is 0. The maximum atomic E-state index is 10.6. The molecule has 0 amide bonds. The van der Waals surface area contributed by atoms with Gasteiger partial charge in [-0.15, -0.1) is 0 Å². The fourth-order valence-electron chi connectivity index (χ4n) is 14.2. The van der Waals surface area contributed by atoms with Crippen LogP contribution in [0.5, 0.6) is 0 Å². The van der Waals surface area contributed by atoms with E-state index in [9.17, 15) is 10.5 Å². The normalized spacial score (nSPS) is 11.9. The summed E-state index contributed by atoms with van der Waals surface area (Å²) in [6, 6.07) is 92.7. The van der Waals surface area contributed by atoms with E-state index in [1.54, 1.807) is 12.4 Å². The summed E-state index contributed by atoms with van der Waals surface area (Å²) in [5.41, 5.74) is 18.6. The van der Waals surface area contributed by atoms with Crippen LogP contribution in [0.3, 0.4) is 0 Å². The molecule has 0 aliphatic heterocycles. The highest BCUT2D eigenvalue weighted by molar-refractivity contribution is 6.27. The van der Waals surface area contributed by atoms with Gasteiger partial charge in [-0.05, 0) is 97.1 Å². The lowest BCUT2D eigenvalue weighted by Gasteiger charge is -2.31. The molecule has 10 aromatic carbocycles. The topological polar surface area (TPSA) is 111 Å². The van der Waals surface area contributed by atoms with Crippen molar-refractivity contribution < 1.29 is 0 Å². The summed E-state index contributed by atoms with van der Waals surface area (Å²) in [6.45, 7) is 0. The Morgan fingerprint density at radius 3 is 1.06 bits per heavy atom. The molecule has 10 heteroatoms. The number of pyridine rings is 3. The van der Waals surface area contributed by atoms with Crippen LogP contribution in [-0.2, 0) is 0 Å². The molecule has 0 N–H and O–H groups in total. The van der Waals surface area contributed by atoms with Crippen molar-refractivity contribution >= 4 is 109 Å². The number of benzene rings is 10. The summed E-state index contributed by atoms with van der Waals surface area (Å²) in [5, 5.41) is 30.7. The molecule has 8 aromatic heterocycles. The van der Waals surface area contributed by atoms with Crippen LogP contribution >= 0.6 is 0 Å². The molecule has 0 aliphatic carbocycles. The van der Waals surface area contributed by atoms with Gasteiger partial charge in [0, 0.05) is 78.5 Å². The molecular formula is C77H44N10. The minimum absolute atomic E-state index is 0.423. The van der Waals surface area contributed by atoms with E-state index in [0.717, 1.165) is 149 Å². The van der Waals surface area contributed by atoms with Crippen LogP contribution < -0.4 is 0 Å². The lowest BCUT2D eigenvalue weighted by molar-refractivity contribution is 1.02. The van der Waals surface area contributed by atoms with Gasteiger partial charge in [-0.2, -0.15) is 10.5 Å². The Morgan fingerprint density at radius 1 is 0.276 bits per heavy atom. The van der Waals surface area contributed by atoms with Crippen molar-refractivity contribution in [3.8, 4) is 63.1 Å². The van der Waals surface area contributed by atoms with Crippen LogP contribution in [0.2, 0.25) is 0 Å². The van der Waals surface area contributed by atoms with Crippen LogP contribution in [0, 0.1) is 22.7 Å². The van der Waals surface area contributed by atoms with E-state index in [0.29, 0.717) is 22.5 Å². The van der Waals surface area contributed by atoms with Crippen LogP contribution in [0.15, 0.2) is 267 Å². The Bertz CT molecular complexity index is 5860. The zero-order valence-corrected chi connectivity index (χ0v) is 46.4. The average Bonchev–Trinajstić information content (AvgIpc) is 1.62. The first-order chi connectivity index (χ1) is 43.2. The molecule has 0 saturated carbocycles. The number of hydrogen-bond donors (Lipinski definition) is 0. The van der Waals surface area contributed by atoms with Gasteiger partial charge in [0.1, 0.15) is 12.1 Å². The highest BCUT2D eigenvalue weighted by Gasteiger charge is 2.37. The third-order valence-corrected chi connectivity index (χ3v) is 17.7. The molecule has 18 aromatic rings. The SMILES string of the molecule is N#Cc1ccc(-c2c(-c3ccc(C#N)cn3)c(-n3c4ccccc4c4ccccc43)c(-n3c4ccccc4c4ccc5c(c6ncccc6n5-c5ccccc5)c43)c(-n3c4ccccc4c4ccccc43)c2-n2c3ccccc3c3ccccc32)nc1. The summed E-state index contributed by atoms with van der Waals surface area (Å²) >= 11 is 0. The first kappa shape index (κ1) is 48.2. The minimum Gasteiger partial charge on any atom is -0.308 e. The van der Waals surface area contributed by atoms with Gasteiger partial charge in [-0.3, -0.25) is 15.0 Å². The zero-order chi connectivity index (χ0) is 57.4. The first-order valence-corrected chi connectivity index (χ1v) is 29.0. The molecule has 0 aliphatic rings. The Balaban J connectivity index is 1.23. The third-order valence-electron chi connectivity index (χ3n) is 17.7. The van der Waals surface area contributed by atoms with Crippen LogP contribution in [-0.4, -0.2) is 37.8 Å². The van der Waals surface area contributed by atoms with Gasteiger partial charge >= 0.3 is 0 Å². The van der Waals surface area contributed by atoms with Crippen LogP contribution in [0.4, 0.5) is 0 Å². The van der Waals surface area contributed by atoms with E-state index in [1.165, 1.54) is 0 Å². The van der Waals surface area contributed by atoms with Crippen molar-refractivity contribution in [3.63, 3.8) is 0 Å². The van der Waals surface area contributed by atoms with Gasteiger partial charge in [0.15, 0.2) is 0 Å². The second-order valence-electron chi connectivity index (χ2n) is 22.1. The van der Waals surface area contributed by atoms with E-state index in [2.05, 4.69) is 253 Å². The molecule has 0 radical (unpaired) electrons. The van der Waals surface area contributed by atoms with E-state index in [4.69, 9.17) is 15.0 Å². The Hall–Kier alpha value is -12.4. The Kier molecular flexibility index (Phi) is 10.3. The van der Waals surface area contributed by atoms with Crippen molar-refractivity contribution in [2.24, 2.45) is 0 Å². The molecule has 0 unspecified atom stereocenters. The first-order valence-electron chi connectivity index (χ1n) is 29.0. The molecule has 0 spiro atoms. The number of para-hydroxylation sites is 8. The summed E-state index contributed by atoms with van der Waals surface area (Å²) in [7, 11) is 0. The summed E-state index contributed by atoms with van der Waals surface area (Å²) in [6.07, 6.45) is 5.26. The van der Waals surface area contributed by atoms with Crippen molar-refractivity contribution in [1.82, 2.24) is 37.8 Å². The second kappa shape index (κ2) is 18.6. The predicted octanol–water partition coefficient (Wildman–Crippen LogP) is 18.4. The third kappa shape index (κ3) is 6.75. The quantitative estimate of drug-likeness (QED) is 0.158. The maximum Gasteiger partial charge on any atom is 0.101 e. The Morgan fingerprint density at radius 2 is 0.644 bits per heavy atom. The molecule has 8 heterocycles. The van der Waals surface area contributed by atoms with Gasteiger partial charge in [0.25, 0.3) is 0 Å². The molecule has 18 rings (SSSR count). The van der Waals surface area contributed by atoms with E-state index in [1.807, 2.05) is 36.5 Å². The summed E-state index contributed by atoms with van der Waals surface area (Å²) in [4.78, 5) is 16.2. The summed E-state index contributed by atoms with van der Waals surface area (Å²) < 4.78 is 12.3. The molecule has 87 heavy (non-hydrogen) atoms. The lowest BCUT2D eigenvalue weighted by atomic mass is 9.91. The number of fused-ring (bicyclic) bond motifs is 16. The number of aromatic nitrogens is 8. The standard InChI is InChI=1S/C77H44N10/c78-43-47-36-39-58(81-45-47)69-70(59-40-37-48(44-79)46-82-59)75(85-62-30-13-6-23-52(62)53-24-7-14-31-63(53)85)77(87-66-34-17-10-27-56(66)57-38-41-67-71(73(57)87)72-68(35-18-42-80-72)83(67)49-19-2-1-3-20-49)76(86-64-32-15-8-25-54(64)55-26-9-16-33-65(55)86)74(69)84-60-28-11-4-21-50(60)51-22-5-12-29-61(51)84/h1-42,45-46H. The second-order valence-corrected chi connectivity index (χ2v) is 22.1. The smallest absolute Gasteiger partial charge is 0.101 e.